The van der Waals surface area contributed by atoms with Crippen LogP contribution in [0.2, 0.25) is 5.15 Å². The predicted molar refractivity (Wildman–Crippen MR) is 69.2 cm³/mol. The zero-order valence-corrected chi connectivity index (χ0v) is 10.8. The van der Waals surface area contributed by atoms with E-state index in [0.29, 0.717) is 24.0 Å². The summed E-state index contributed by atoms with van der Waals surface area (Å²) in [7, 11) is 0. The molecule has 0 radical (unpaired) electrons. The van der Waals surface area contributed by atoms with Gasteiger partial charge in [-0.15, -0.1) is 0 Å². The van der Waals surface area contributed by atoms with E-state index in [1.54, 1.807) is 37.6 Å². The highest BCUT2D eigenvalue weighted by molar-refractivity contribution is 6.29. The molecule has 0 aliphatic rings. The monoisotopic (exact) mass is 266 g/mol. The van der Waals surface area contributed by atoms with Crippen molar-refractivity contribution in [2.75, 3.05) is 6.54 Å². The summed E-state index contributed by atoms with van der Waals surface area (Å²) in [4.78, 5) is 3.99. The van der Waals surface area contributed by atoms with Crippen LogP contribution in [0.15, 0.2) is 41.1 Å². The number of aliphatic hydroxyl groups is 1. The number of rotatable bonds is 5. The maximum Gasteiger partial charge on any atom is 0.136 e. The van der Waals surface area contributed by atoms with E-state index < -0.39 is 5.60 Å². The van der Waals surface area contributed by atoms with Crippen molar-refractivity contribution in [3.05, 3.63) is 53.2 Å². The van der Waals surface area contributed by atoms with Gasteiger partial charge in [-0.2, -0.15) is 0 Å². The predicted octanol–water partition coefficient (Wildman–Crippen LogP) is 2.33. The van der Waals surface area contributed by atoms with E-state index in [1.165, 1.54) is 0 Å². The first-order chi connectivity index (χ1) is 8.58. The molecule has 4 nitrogen and oxygen atoms in total. The molecule has 0 saturated heterocycles. The average molecular weight is 267 g/mol. The van der Waals surface area contributed by atoms with Crippen molar-refractivity contribution in [1.82, 2.24) is 10.3 Å². The molecule has 0 bridgehead atoms. The van der Waals surface area contributed by atoms with E-state index in [4.69, 9.17) is 16.0 Å². The minimum atomic E-state index is -1.02. The molecule has 18 heavy (non-hydrogen) atoms. The van der Waals surface area contributed by atoms with E-state index >= 15 is 0 Å². The van der Waals surface area contributed by atoms with Crippen molar-refractivity contribution < 1.29 is 9.52 Å². The summed E-state index contributed by atoms with van der Waals surface area (Å²) in [5, 5.41) is 13.8. The second-order valence-corrected chi connectivity index (χ2v) is 4.73. The highest BCUT2D eigenvalue weighted by Gasteiger charge is 2.25. The second-order valence-electron chi connectivity index (χ2n) is 4.34. The first-order valence-corrected chi connectivity index (χ1v) is 6.03. The molecule has 2 rings (SSSR count). The Kier molecular flexibility index (Phi) is 4.01. The molecule has 0 aromatic carbocycles. The lowest BCUT2D eigenvalue weighted by Crippen LogP contribution is -2.34. The van der Waals surface area contributed by atoms with Crippen molar-refractivity contribution in [3.8, 4) is 0 Å². The van der Waals surface area contributed by atoms with Crippen molar-refractivity contribution in [1.29, 1.82) is 0 Å². The van der Waals surface area contributed by atoms with Gasteiger partial charge in [0, 0.05) is 19.3 Å². The summed E-state index contributed by atoms with van der Waals surface area (Å²) in [6.45, 7) is 2.71. The third-order valence-corrected chi connectivity index (χ3v) is 2.86. The molecule has 0 amide bonds. The van der Waals surface area contributed by atoms with Gasteiger partial charge in [0.2, 0.25) is 0 Å². The molecule has 2 aromatic heterocycles. The van der Waals surface area contributed by atoms with Crippen LogP contribution in [0, 0.1) is 0 Å². The Morgan fingerprint density at radius 2 is 2.28 bits per heavy atom. The van der Waals surface area contributed by atoms with Gasteiger partial charge in [0.05, 0.1) is 6.26 Å². The molecule has 0 fully saturated rings. The maximum absolute atomic E-state index is 10.2. The number of furan rings is 1. The van der Waals surface area contributed by atoms with Crippen LogP contribution < -0.4 is 5.32 Å². The van der Waals surface area contributed by atoms with Crippen molar-refractivity contribution >= 4 is 11.6 Å². The summed E-state index contributed by atoms with van der Waals surface area (Å²) < 4.78 is 5.20. The summed E-state index contributed by atoms with van der Waals surface area (Å²) in [5.74, 6) is 0.546. The lowest BCUT2D eigenvalue weighted by molar-refractivity contribution is 0.0340. The normalized spacial score (nSPS) is 14.4. The average Bonchev–Trinajstić information content (AvgIpc) is 2.86. The summed E-state index contributed by atoms with van der Waals surface area (Å²) in [5.41, 5.74) is -0.0155. The van der Waals surface area contributed by atoms with Crippen LogP contribution in [0.5, 0.6) is 0 Å². The van der Waals surface area contributed by atoms with Gasteiger partial charge in [-0.3, -0.25) is 0 Å². The summed E-state index contributed by atoms with van der Waals surface area (Å²) in [6, 6.07) is 7.14. The lowest BCUT2D eigenvalue weighted by atomic mass is 10.0. The Morgan fingerprint density at radius 3 is 2.89 bits per heavy atom. The molecular weight excluding hydrogens is 252 g/mol. The van der Waals surface area contributed by atoms with E-state index in [1.807, 2.05) is 6.07 Å². The van der Waals surface area contributed by atoms with Crippen LogP contribution in [0.4, 0.5) is 0 Å². The van der Waals surface area contributed by atoms with E-state index in [0.717, 1.165) is 5.56 Å². The molecule has 0 aliphatic heterocycles. The van der Waals surface area contributed by atoms with E-state index in [9.17, 15) is 5.11 Å². The minimum absolute atomic E-state index is 0.392. The maximum atomic E-state index is 10.2. The van der Waals surface area contributed by atoms with Crippen molar-refractivity contribution in [3.63, 3.8) is 0 Å². The fourth-order valence-electron chi connectivity index (χ4n) is 1.63. The molecular formula is C13H15ClN2O2. The third-order valence-electron chi connectivity index (χ3n) is 2.64. The van der Waals surface area contributed by atoms with Gasteiger partial charge >= 0.3 is 0 Å². The topological polar surface area (TPSA) is 58.3 Å². The van der Waals surface area contributed by atoms with Crippen molar-refractivity contribution in [2.24, 2.45) is 0 Å². The molecule has 1 atom stereocenters. The Hall–Kier alpha value is -1.36. The van der Waals surface area contributed by atoms with Crippen molar-refractivity contribution in [2.45, 2.75) is 19.1 Å². The largest absolute Gasteiger partial charge is 0.466 e. The molecule has 2 aromatic rings. The molecule has 0 saturated carbocycles. The Bertz CT molecular complexity index is 480. The number of pyridine rings is 1. The van der Waals surface area contributed by atoms with Crippen LogP contribution in [-0.2, 0) is 12.1 Å². The molecule has 2 heterocycles. The summed E-state index contributed by atoms with van der Waals surface area (Å²) >= 11 is 5.70. The quantitative estimate of drug-likeness (QED) is 0.816. The van der Waals surface area contributed by atoms with Crippen LogP contribution in [0.25, 0.3) is 0 Å². The zero-order valence-electron chi connectivity index (χ0n) is 10.1. The highest BCUT2D eigenvalue weighted by atomic mass is 35.5. The first kappa shape index (κ1) is 13.1. The first-order valence-electron chi connectivity index (χ1n) is 5.65. The zero-order chi connectivity index (χ0) is 13.0. The number of nitrogens with zero attached hydrogens (tertiary/aromatic N) is 1. The minimum Gasteiger partial charge on any atom is -0.466 e. The number of hydrogen-bond acceptors (Lipinski definition) is 4. The highest BCUT2D eigenvalue weighted by Crippen LogP contribution is 2.19. The molecule has 1 unspecified atom stereocenters. The fraction of sp³-hybridized carbons (Fsp3) is 0.308. The number of hydrogen-bond donors (Lipinski definition) is 2. The van der Waals surface area contributed by atoms with E-state index in [2.05, 4.69) is 10.3 Å². The molecule has 0 aliphatic carbocycles. The Balaban J connectivity index is 1.87. The van der Waals surface area contributed by atoms with Gasteiger partial charge in [-0.05, 0) is 30.7 Å². The van der Waals surface area contributed by atoms with E-state index in [-0.39, 0.29) is 0 Å². The smallest absolute Gasteiger partial charge is 0.136 e. The van der Waals surface area contributed by atoms with Gasteiger partial charge in [-0.1, -0.05) is 17.7 Å². The molecule has 5 heteroatoms. The van der Waals surface area contributed by atoms with Crippen LogP contribution in [0.1, 0.15) is 18.2 Å². The van der Waals surface area contributed by atoms with Gasteiger partial charge in [0.15, 0.2) is 0 Å². The molecule has 0 spiro atoms. The van der Waals surface area contributed by atoms with Gasteiger partial charge in [-0.25, -0.2) is 4.98 Å². The Morgan fingerprint density at radius 1 is 1.44 bits per heavy atom. The molecule has 96 valence electrons. The lowest BCUT2D eigenvalue weighted by Gasteiger charge is -2.21. The summed E-state index contributed by atoms with van der Waals surface area (Å²) in [6.07, 6.45) is 3.25. The fourth-order valence-corrected chi connectivity index (χ4v) is 1.75. The van der Waals surface area contributed by atoms with Crippen LogP contribution in [0.3, 0.4) is 0 Å². The van der Waals surface area contributed by atoms with Gasteiger partial charge in [0.1, 0.15) is 16.5 Å². The number of nitrogens with one attached hydrogen (secondary N) is 1. The Labute approximate surface area is 111 Å². The standard InChI is InChI=1S/C13H15ClN2O2/c1-13(17,11-3-2-6-18-11)9-15-7-10-4-5-12(14)16-8-10/h2-6,8,15,17H,7,9H2,1H3. The van der Waals surface area contributed by atoms with Crippen LogP contribution >= 0.6 is 11.6 Å². The number of aromatic nitrogens is 1. The van der Waals surface area contributed by atoms with Crippen LogP contribution in [-0.4, -0.2) is 16.6 Å². The molecule has 2 N–H and O–H groups in total. The van der Waals surface area contributed by atoms with Gasteiger partial charge < -0.3 is 14.8 Å². The second kappa shape index (κ2) is 5.52. The van der Waals surface area contributed by atoms with Gasteiger partial charge in [0.25, 0.3) is 0 Å². The number of halogens is 1. The SMILES string of the molecule is CC(O)(CNCc1ccc(Cl)nc1)c1ccco1. The third kappa shape index (κ3) is 3.32.